The van der Waals surface area contributed by atoms with Crippen LogP contribution < -0.4 is 16.2 Å². The molecule has 7 nitrogen and oxygen atoms in total. The van der Waals surface area contributed by atoms with Crippen molar-refractivity contribution >= 4 is 23.4 Å². The number of alkyl halides is 1. The summed E-state index contributed by atoms with van der Waals surface area (Å²) in [6.07, 6.45) is 1.000. The van der Waals surface area contributed by atoms with E-state index in [9.17, 15) is 14.4 Å². The molecule has 104 valence electrons. The van der Waals surface area contributed by atoms with Crippen LogP contribution in [0.4, 0.5) is 0 Å². The van der Waals surface area contributed by atoms with Crippen LogP contribution in [-0.4, -0.2) is 41.0 Å². The summed E-state index contributed by atoms with van der Waals surface area (Å²) in [7, 11) is 0. The number of halogens is 1. The lowest BCUT2D eigenvalue weighted by atomic mass is 10.3. The summed E-state index contributed by atoms with van der Waals surface area (Å²) in [6.45, 7) is 0.614. The predicted molar refractivity (Wildman–Crippen MR) is 70.2 cm³/mol. The molecule has 1 heterocycles. The van der Waals surface area contributed by atoms with Gasteiger partial charge < -0.3 is 10.6 Å². The lowest BCUT2D eigenvalue weighted by Gasteiger charge is -2.06. The second kappa shape index (κ2) is 8.25. The number of H-pyrrole nitrogens is 1. The van der Waals surface area contributed by atoms with E-state index in [-0.39, 0.29) is 23.7 Å². The van der Waals surface area contributed by atoms with E-state index in [1.54, 1.807) is 0 Å². The third-order valence-electron chi connectivity index (χ3n) is 2.18. The van der Waals surface area contributed by atoms with Gasteiger partial charge in [-0.05, 0) is 12.5 Å². The Hall–Kier alpha value is -1.89. The van der Waals surface area contributed by atoms with Gasteiger partial charge in [-0.15, -0.1) is 11.6 Å². The minimum Gasteiger partial charge on any atom is -0.354 e. The molecule has 0 spiro atoms. The molecule has 0 aromatic carbocycles. The number of nitrogens with one attached hydrogen (secondary N) is 3. The second-order valence-electron chi connectivity index (χ2n) is 3.70. The highest BCUT2D eigenvalue weighted by atomic mass is 35.5. The summed E-state index contributed by atoms with van der Waals surface area (Å²) in [4.78, 5) is 33.5. The Kier molecular flexibility index (Phi) is 6.59. The molecule has 0 aliphatic rings. The molecule has 0 bridgehead atoms. The quantitative estimate of drug-likeness (QED) is 0.470. The minimum absolute atomic E-state index is 0.0999. The molecule has 0 saturated carbocycles. The van der Waals surface area contributed by atoms with Crippen molar-refractivity contribution in [3.8, 4) is 0 Å². The van der Waals surface area contributed by atoms with Gasteiger partial charge in [-0.2, -0.15) is 5.10 Å². The second-order valence-corrected chi connectivity index (χ2v) is 4.08. The molecule has 0 aliphatic heterocycles. The summed E-state index contributed by atoms with van der Waals surface area (Å²) in [5.74, 6) is -0.0643. The van der Waals surface area contributed by atoms with Crippen molar-refractivity contribution in [3.63, 3.8) is 0 Å². The van der Waals surface area contributed by atoms with Crippen molar-refractivity contribution in [1.29, 1.82) is 0 Å². The standard InChI is InChI=1S/C11H15ClN4O3/c12-5-1-2-9(17)13-6-7-14-11(19)8-3-4-10(18)16-15-8/h3-4H,1-2,5-7H2,(H,13,17)(H,14,19)(H,16,18). The first kappa shape index (κ1) is 15.2. The van der Waals surface area contributed by atoms with Gasteiger partial charge in [0.1, 0.15) is 5.69 Å². The minimum atomic E-state index is -0.411. The molecule has 8 heteroatoms. The van der Waals surface area contributed by atoms with Gasteiger partial charge in [-0.25, -0.2) is 5.10 Å². The van der Waals surface area contributed by atoms with Crippen LogP contribution in [0.25, 0.3) is 0 Å². The zero-order chi connectivity index (χ0) is 14.1. The molecule has 1 rings (SSSR count). The van der Waals surface area contributed by atoms with Crippen LogP contribution in [0.15, 0.2) is 16.9 Å². The smallest absolute Gasteiger partial charge is 0.271 e. The molecule has 19 heavy (non-hydrogen) atoms. The van der Waals surface area contributed by atoms with E-state index in [1.807, 2.05) is 0 Å². The molecule has 3 N–H and O–H groups in total. The largest absolute Gasteiger partial charge is 0.354 e. The van der Waals surface area contributed by atoms with Crippen LogP contribution in [0.2, 0.25) is 0 Å². The average molecular weight is 287 g/mol. The fourth-order valence-electron chi connectivity index (χ4n) is 1.26. The first-order valence-corrected chi connectivity index (χ1v) is 6.33. The molecule has 0 saturated heterocycles. The molecule has 0 fully saturated rings. The molecule has 2 amide bonds. The number of aromatic nitrogens is 2. The number of carbonyl (C=O) groups is 2. The molecular weight excluding hydrogens is 272 g/mol. The highest BCUT2D eigenvalue weighted by Crippen LogP contribution is 1.91. The van der Waals surface area contributed by atoms with Gasteiger partial charge in [0.05, 0.1) is 0 Å². The van der Waals surface area contributed by atoms with Crippen LogP contribution in [0.5, 0.6) is 0 Å². The maximum Gasteiger partial charge on any atom is 0.271 e. The Labute approximate surface area is 114 Å². The third-order valence-corrected chi connectivity index (χ3v) is 2.45. The van der Waals surface area contributed by atoms with E-state index in [4.69, 9.17) is 11.6 Å². The maximum atomic E-state index is 11.5. The van der Waals surface area contributed by atoms with Gasteiger partial charge in [0.25, 0.3) is 11.5 Å². The van der Waals surface area contributed by atoms with Crippen molar-refractivity contribution in [2.45, 2.75) is 12.8 Å². The number of hydrogen-bond acceptors (Lipinski definition) is 4. The zero-order valence-electron chi connectivity index (χ0n) is 10.2. The molecule has 0 atom stereocenters. The Morgan fingerprint density at radius 2 is 2.00 bits per heavy atom. The molecule has 0 aliphatic carbocycles. The summed E-state index contributed by atoms with van der Waals surface area (Å²) in [5.41, 5.74) is -0.254. The summed E-state index contributed by atoms with van der Waals surface area (Å²) < 4.78 is 0. The van der Waals surface area contributed by atoms with Crippen LogP contribution in [0, 0.1) is 0 Å². The number of rotatable bonds is 7. The Balaban J connectivity index is 2.22. The highest BCUT2D eigenvalue weighted by Gasteiger charge is 2.06. The predicted octanol–water partition coefficient (Wildman–Crippen LogP) is -0.365. The van der Waals surface area contributed by atoms with Crippen molar-refractivity contribution in [2.75, 3.05) is 19.0 Å². The SMILES string of the molecule is O=C(CCCCl)NCCNC(=O)c1ccc(=O)[nH]n1. The lowest BCUT2D eigenvalue weighted by molar-refractivity contribution is -0.121. The third kappa shape index (κ3) is 6.01. The van der Waals surface area contributed by atoms with Crippen LogP contribution >= 0.6 is 11.6 Å². The fourth-order valence-corrected chi connectivity index (χ4v) is 1.39. The van der Waals surface area contributed by atoms with Crippen LogP contribution in [0.1, 0.15) is 23.3 Å². The van der Waals surface area contributed by atoms with Crippen molar-refractivity contribution < 1.29 is 9.59 Å². The number of hydrogen-bond donors (Lipinski definition) is 3. The lowest BCUT2D eigenvalue weighted by Crippen LogP contribution is -2.35. The highest BCUT2D eigenvalue weighted by molar-refractivity contribution is 6.17. The Bertz CT molecular complexity index is 469. The van der Waals surface area contributed by atoms with Gasteiger partial charge in [-0.1, -0.05) is 0 Å². The first-order valence-electron chi connectivity index (χ1n) is 5.80. The fraction of sp³-hybridized carbons (Fsp3) is 0.455. The van der Waals surface area contributed by atoms with E-state index >= 15 is 0 Å². The number of aromatic amines is 1. The topological polar surface area (TPSA) is 104 Å². The van der Waals surface area contributed by atoms with E-state index in [2.05, 4.69) is 20.8 Å². The summed E-state index contributed by atoms with van der Waals surface area (Å²) in [5, 5.41) is 11.0. The van der Waals surface area contributed by atoms with Crippen molar-refractivity contribution in [3.05, 3.63) is 28.2 Å². The van der Waals surface area contributed by atoms with E-state index < -0.39 is 5.91 Å². The normalized spacial score (nSPS) is 9.95. The van der Waals surface area contributed by atoms with E-state index in [0.717, 1.165) is 0 Å². The number of carbonyl (C=O) groups excluding carboxylic acids is 2. The number of nitrogens with zero attached hydrogens (tertiary/aromatic N) is 1. The van der Waals surface area contributed by atoms with Crippen LogP contribution in [0.3, 0.4) is 0 Å². The van der Waals surface area contributed by atoms with E-state index in [1.165, 1.54) is 12.1 Å². The van der Waals surface area contributed by atoms with Gasteiger partial charge in [0, 0.05) is 31.5 Å². The Morgan fingerprint density at radius 3 is 2.63 bits per heavy atom. The van der Waals surface area contributed by atoms with Gasteiger partial charge in [0.15, 0.2) is 0 Å². The molecule has 0 radical (unpaired) electrons. The van der Waals surface area contributed by atoms with Crippen molar-refractivity contribution in [1.82, 2.24) is 20.8 Å². The monoisotopic (exact) mass is 286 g/mol. The Morgan fingerprint density at radius 1 is 1.26 bits per heavy atom. The zero-order valence-corrected chi connectivity index (χ0v) is 11.0. The first-order chi connectivity index (χ1) is 9.13. The molecular formula is C11H15ClN4O3. The maximum absolute atomic E-state index is 11.5. The molecule has 0 unspecified atom stereocenters. The average Bonchev–Trinajstić information content (AvgIpc) is 2.41. The van der Waals surface area contributed by atoms with Crippen molar-refractivity contribution in [2.24, 2.45) is 0 Å². The van der Waals surface area contributed by atoms with Gasteiger partial charge in [0.2, 0.25) is 5.91 Å². The van der Waals surface area contributed by atoms with Gasteiger partial charge in [-0.3, -0.25) is 14.4 Å². The summed E-state index contributed by atoms with van der Waals surface area (Å²) in [6, 6.07) is 2.54. The molecule has 1 aromatic rings. The van der Waals surface area contributed by atoms with Gasteiger partial charge >= 0.3 is 0 Å². The van der Waals surface area contributed by atoms with E-state index in [0.29, 0.717) is 25.3 Å². The molecule has 1 aromatic heterocycles. The number of amides is 2. The van der Waals surface area contributed by atoms with Crippen LogP contribution in [-0.2, 0) is 4.79 Å². The summed E-state index contributed by atoms with van der Waals surface area (Å²) >= 11 is 5.46.